The molecule has 0 radical (unpaired) electrons. The third-order valence-electron chi connectivity index (χ3n) is 4.72. The van der Waals surface area contributed by atoms with E-state index in [1.807, 2.05) is 24.3 Å². The molecule has 136 valence electrons. The van der Waals surface area contributed by atoms with Crippen molar-refractivity contribution < 1.29 is 14.0 Å². The molecule has 0 aromatic heterocycles. The van der Waals surface area contributed by atoms with Gasteiger partial charge in [0, 0.05) is 25.2 Å². The van der Waals surface area contributed by atoms with Gasteiger partial charge in [-0.2, -0.15) is 0 Å². The summed E-state index contributed by atoms with van der Waals surface area (Å²) in [5, 5.41) is 2.90. The largest absolute Gasteiger partial charge is 0.338 e. The summed E-state index contributed by atoms with van der Waals surface area (Å²) < 4.78 is 13.0. The van der Waals surface area contributed by atoms with Gasteiger partial charge in [0.1, 0.15) is 5.82 Å². The molecule has 1 aliphatic heterocycles. The number of nitrogens with one attached hydrogen (secondary N) is 1. The van der Waals surface area contributed by atoms with E-state index in [1.54, 1.807) is 17.0 Å². The molecule has 1 saturated heterocycles. The van der Waals surface area contributed by atoms with Gasteiger partial charge in [-0.05, 0) is 41.3 Å². The first-order chi connectivity index (χ1) is 12.4. The Morgan fingerprint density at radius 3 is 2.42 bits per heavy atom. The molecule has 1 atom stereocenters. The van der Waals surface area contributed by atoms with Crippen molar-refractivity contribution >= 4 is 17.5 Å². The van der Waals surface area contributed by atoms with E-state index in [0.29, 0.717) is 19.0 Å². The maximum Gasteiger partial charge on any atom is 0.229 e. The minimum absolute atomic E-state index is 0.0513. The fraction of sp³-hybridized carbons (Fsp3) is 0.333. The van der Waals surface area contributed by atoms with E-state index in [9.17, 15) is 14.0 Å². The molecule has 1 aliphatic rings. The number of likely N-dealkylation sites (tertiary alicyclic amines) is 1. The summed E-state index contributed by atoms with van der Waals surface area (Å²) in [7, 11) is 0. The predicted octanol–water partition coefficient (Wildman–Crippen LogP) is 3.94. The van der Waals surface area contributed by atoms with Crippen molar-refractivity contribution in [3.05, 3.63) is 65.5 Å². The quantitative estimate of drug-likeness (QED) is 0.884. The molecular formula is C21H23FN2O2. The molecule has 26 heavy (non-hydrogen) atoms. The first-order valence-corrected chi connectivity index (χ1v) is 8.85. The Morgan fingerprint density at radius 1 is 1.15 bits per heavy atom. The van der Waals surface area contributed by atoms with Gasteiger partial charge >= 0.3 is 0 Å². The number of carbonyl (C=O) groups is 2. The van der Waals surface area contributed by atoms with Crippen molar-refractivity contribution in [1.29, 1.82) is 0 Å². The fourth-order valence-electron chi connectivity index (χ4n) is 3.11. The molecule has 1 N–H and O–H groups in total. The summed E-state index contributed by atoms with van der Waals surface area (Å²) >= 11 is 0. The first-order valence-electron chi connectivity index (χ1n) is 8.85. The number of rotatable bonds is 5. The van der Waals surface area contributed by atoms with E-state index in [-0.39, 0.29) is 30.0 Å². The van der Waals surface area contributed by atoms with Crippen LogP contribution in [0.2, 0.25) is 0 Å². The molecule has 5 heteroatoms. The van der Waals surface area contributed by atoms with Gasteiger partial charge in [-0.3, -0.25) is 9.59 Å². The van der Waals surface area contributed by atoms with E-state index in [1.165, 1.54) is 17.7 Å². The van der Waals surface area contributed by atoms with Crippen LogP contribution in [0.3, 0.4) is 0 Å². The second-order valence-corrected chi connectivity index (χ2v) is 7.07. The van der Waals surface area contributed by atoms with Crippen LogP contribution >= 0.6 is 0 Å². The van der Waals surface area contributed by atoms with E-state index < -0.39 is 0 Å². The van der Waals surface area contributed by atoms with Gasteiger partial charge in [0.2, 0.25) is 11.8 Å². The van der Waals surface area contributed by atoms with Crippen molar-refractivity contribution in [2.24, 2.45) is 5.92 Å². The standard InChI is InChI=1S/C21H23FN2O2/c1-14(2)16-5-9-19(10-6-16)23-21(26)17-11-20(25)24(13-17)12-15-3-7-18(22)8-4-15/h3-10,14,17H,11-13H2,1-2H3,(H,23,26)/t17-/m0/s1. The maximum atomic E-state index is 13.0. The Morgan fingerprint density at radius 2 is 1.81 bits per heavy atom. The van der Waals surface area contributed by atoms with Gasteiger partial charge in [-0.25, -0.2) is 4.39 Å². The third-order valence-corrected chi connectivity index (χ3v) is 4.72. The molecular weight excluding hydrogens is 331 g/mol. The monoisotopic (exact) mass is 354 g/mol. The number of anilines is 1. The molecule has 2 aromatic carbocycles. The van der Waals surface area contributed by atoms with Crippen molar-refractivity contribution in [1.82, 2.24) is 4.90 Å². The zero-order valence-electron chi connectivity index (χ0n) is 15.0. The lowest BCUT2D eigenvalue weighted by Crippen LogP contribution is -2.28. The van der Waals surface area contributed by atoms with Crippen LogP contribution in [-0.2, 0) is 16.1 Å². The Labute approximate surface area is 153 Å². The van der Waals surface area contributed by atoms with E-state index in [0.717, 1.165) is 11.3 Å². The normalized spacial score (nSPS) is 17.0. The topological polar surface area (TPSA) is 49.4 Å². The lowest BCUT2D eigenvalue weighted by atomic mass is 10.0. The zero-order chi connectivity index (χ0) is 18.7. The average Bonchev–Trinajstić information content (AvgIpc) is 2.98. The number of nitrogens with zero attached hydrogens (tertiary/aromatic N) is 1. The van der Waals surface area contributed by atoms with Crippen molar-refractivity contribution in [3.8, 4) is 0 Å². The fourth-order valence-corrected chi connectivity index (χ4v) is 3.11. The van der Waals surface area contributed by atoms with E-state index in [2.05, 4.69) is 19.2 Å². The Kier molecular flexibility index (Phi) is 5.35. The predicted molar refractivity (Wildman–Crippen MR) is 99.1 cm³/mol. The number of halogens is 1. The summed E-state index contributed by atoms with van der Waals surface area (Å²) in [6, 6.07) is 13.8. The van der Waals surface area contributed by atoms with E-state index >= 15 is 0 Å². The van der Waals surface area contributed by atoms with Crippen LogP contribution in [0.4, 0.5) is 10.1 Å². The highest BCUT2D eigenvalue weighted by atomic mass is 19.1. The van der Waals surface area contributed by atoms with Gasteiger partial charge in [0.05, 0.1) is 5.92 Å². The van der Waals surface area contributed by atoms with E-state index in [4.69, 9.17) is 0 Å². The minimum atomic E-state index is -0.368. The van der Waals surface area contributed by atoms with Crippen LogP contribution in [0.1, 0.15) is 37.3 Å². The lowest BCUT2D eigenvalue weighted by molar-refractivity contribution is -0.128. The summed E-state index contributed by atoms with van der Waals surface area (Å²) in [4.78, 5) is 26.3. The van der Waals surface area contributed by atoms with Crippen LogP contribution in [0, 0.1) is 11.7 Å². The molecule has 0 aliphatic carbocycles. The third kappa shape index (κ3) is 4.28. The smallest absolute Gasteiger partial charge is 0.229 e. The zero-order valence-corrected chi connectivity index (χ0v) is 15.0. The van der Waals surface area contributed by atoms with Crippen molar-refractivity contribution in [2.45, 2.75) is 32.7 Å². The molecule has 0 unspecified atom stereocenters. The highest BCUT2D eigenvalue weighted by Crippen LogP contribution is 2.23. The Bertz CT molecular complexity index is 785. The number of hydrogen-bond acceptors (Lipinski definition) is 2. The number of carbonyl (C=O) groups excluding carboxylic acids is 2. The van der Waals surface area contributed by atoms with Gasteiger partial charge in [-0.15, -0.1) is 0 Å². The molecule has 0 bridgehead atoms. The maximum absolute atomic E-state index is 13.0. The molecule has 0 saturated carbocycles. The SMILES string of the molecule is CC(C)c1ccc(NC(=O)[C@H]2CC(=O)N(Cc3ccc(F)cc3)C2)cc1. The lowest BCUT2D eigenvalue weighted by Gasteiger charge is -2.17. The Hall–Kier alpha value is -2.69. The summed E-state index contributed by atoms with van der Waals surface area (Å²) in [5.74, 6) is -0.427. The second-order valence-electron chi connectivity index (χ2n) is 7.07. The molecule has 4 nitrogen and oxygen atoms in total. The Balaban J connectivity index is 1.58. The van der Waals surface area contributed by atoms with Crippen molar-refractivity contribution in [2.75, 3.05) is 11.9 Å². The van der Waals surface area contributed by atoms with Crippen LogP contribution < -0.4 is 5.32 Å². The molecule has 2 amide bonds. The molecule has 0 spiro atoms. The van der Waals surface area contributed by atoms with Gasteiger partial charge in [0.15, 0.2) is 0 Å². The average molecular weight is 354 g/mol. The van der Waals surface area contributed by atoms with Crippen LogP contribution in [0.15, 0.2) is 48.5 Å². The summed E-state index contributed by atoms with van der Waals surface area (Å²) in [6.07, 6.45) is 0.205. The minimum Gasteiger partial charge on any atom is -0.338 e. The number of hydrogen-bond donors (Lipinski definition) is 1. The first kappa shape index (κ1) is 18.1. The summed E-state index contributed by atoms with van der Waals surface area (Å²) in [5.41, 5.74) is 2.80. The number of amides is 2. The molecule has 2 aromatic rings. The highest BCUT2D eigenvalue weighted by Gasteiger charge is 2.34. The van der Waals surface area contributed by atoms with Gasteiger partial charge in [-0.1, -0.05) is 38.1 Å². The molecule has 1 fully saturated rings. The summed E-state index contributed by atoms with van der Waals surface area (Å²) in [6.45, 7) is 5.01. The van der Waals surface area contributed by atoms with Gasteiger partial charge < -0.3 is 10.2 Å². The number of benzene rings is 2. The second kappa shape index (κ2) is 7.68. The van der Waals surface area contributed by atoms with Gasteiger partial charge in [0.25, 0.3) is 0 Å². The van der Waals surface area contributed by atoms with Crippen molar-refractivity contribution in [3.63, 3.8) is 0 Å². The highest BCUT2D eigenvalue weighted by molar-refractivity contribution is 5.97. The van der Waals surface area contributed by atoms with Crippen LogP contribution in [-0.4, -0.2) is 23.3 Å². The van der Waals surface area contributed by atoms with Crippen LogP contribution in [0.25, 0.3) is 0 Å². The molecule has 1 heterocycles. The molecule has 3 rings (SSSR count). The van der Waals surface area contributed by atoms with Crippen LogP contribution in [0.5, 0.6) is 0 Å².